The van der Waals surface area contributed by atoms with Crippen LogP contribution in [0.5, 0.6) is 17.2 Å². The number of anilines is 1. The molecular formula is C19H19NO6. The van der Waals surface area contributed by atoms with Crippen LogP contribution in [0.1, 0.15) is 17.3 Å². The van der Waals surface area contributed by atoms with E-state index in [-0.39, 0.29) is 5.91 Å². The Balaban J connectivity index is 1.60. The molecular weight excluding hydrogens is 338 g/mol. The minimum atomic E-state index is -0.729. The molecule has 0 aromatic heterocycles. The van der Waals surface area contributed by atoms with Crippen molar-refractivity contribution in [3.05, 3.63) is 48.0 Å². The topological polar surface area (TPSA) is 83.1 Å². The second-order valence-electron chi connectivity index (χ2n) is 5.62. The fourth-order valence-electron chi connectivity index (χ4n) is 2.41. The number of ether oxygens (including phenoxy) is 4. The summed E-state index contributed by atoms with van der Waals surface area (Å²) in [6.07, 6.45) is -0.729. The predicted molar refractivity (Wildman–Crippen MR) is 93.9 cm³/mol. The van der Waals surface area contributed by atoms with Crippen molar-refractivity contribution in [1.82, 2.24) is 0 Å². The number of carbonyl (C=O) groups is 2. The van der Waals surface area contributed by atoms with Gasteiger partial charge in [-0.3, -0.25) is 4.79 Å². The van der Waals surface area contributed by atoms with E-state index in [2.05, 4.69) is 10.1 Å². The summed E-state index contributed by atoms with van der Waals surface area (Å²) in [6, 6.07) is 11.6. The Morgan fingerprint density at radius 1 is 1.04 bits per heavy atom. The summed E-state index contributed by atoms with van der Waals surface area (Å²) in [7, 11) is 1.32. The molecule has 1 aliphatic heterocycles. The number of rotatable bonds is 5. The van der Waals surface area contributed by atoms with Crippen LogP contribution < -0.4 is 19.5 Å². The van der Waals surface area contributed by atoms with Crippen LogP contribution in [-0.2, 0) is 9.53 Å². The minimum Gasteiger partial charge on any atom is -0.486 e. The highest BCUT2D eigenvalue weighted by atomic mass is 16.6. The first-order chi connectivity index (χ1) is 12.6. The Labute approximate surface area is 150 Å². The van der Waals surface area contributed by atoms with Gasteiger partial charge in [0.15, 0.2) is 17.6 Å². The zero-order chi connectivity index (χ0) is 18.5. The molecule has 1 unspecified atom stereocenters. The summed E-state index contributed by atoms with van der Waals surface area (Å²) in [5.74, 6) is 0.993. The lowest BCUT2D eigenvalue weighted by Crippen LogP contribution is -2.30. The van der Waals surface area contributed by atoms with Gasteiger partial charge in [0, 0.05) is 11.8 Å². The molecule has 2 aromatic carbocycles. The largest absolute Gasteiger partial charge is 0.486 e. The molecule has 0 spiro atoms. The number of benzene rings is 2. The monoisotopic (exact) mass is 357 g/mol. The van der Waals surface area contributed by atoms with Crippen LogP contribution in [0.4, 0.5) is 5.69 Å². The summed E-state index contributed by atoms with van der Waals surface area (Å²) >= 11 is 0. The molecule has 7 heteroatoms. The standard InChI is InChI=1S/C19H19NO6/c1-12(26-15-6-3-13(4-7-15)19(22)23-2)18(21)20-14-5-8-16-17(11-14)25-10-9-24-16/h3-8,11-12H,9-10H2,1-2H3,(H,20,21). The van der Waals surface area contributed by atoms with Gasteiger partial charge in [0.2, 0.25) is 0 Å². The molecule has 0 bridgehead atoms. The normalized spacial score (nSPS) is 13.5. The molecule has 1 atom stereocenters. The molecule has 1 heterocycles. The number of fused-ring (bicyclic) bond motifs is 1. The lowest BCUT2D eigenvalue weighted by molar-refractivity contribution is -0.122. The smallest absolute Gasteiger partial charge is 0.337 e. The van der Waals surface area contributed by atoms with E-state index in [1.807, 2.05) is 0 Å². The first-order valence-corrected chi connectivity index (χ1v) is 8.12. The van der Waals surface area contributed by atoms with Crippen molar-refractivity contribution >= 4 is 17.6 Å². The highest BCUT2D eigenvalue weighted by Crippen LogP contribution is 2.32. The van der Waals surface area contributed by atoms with Crippen LogP contribution in [0.2, 0.25) is 0 Å². The van der Waals surface area contributed by atoms with Gasteiger partial charge in [-0.1, -0.05) is 0 Å². The quantitative estimate of drug-likeness (QED) is 0.829. The third-order valence-corrected chi connectivity index (χ3v) is 3.77. The van der Waals surface area contributed by atoms with Crippen LogP contribution in [0.15, 0.2) is 42.5 Å². The number of esters is 1. The highest BCUT2D eigenvalue weighted by molar-refractivity contribution is 5.94. The molecule has 0 radical (unpaired) electrons. The van der Waals surface area contributed by atoms with Gasteiger partial charge in [-0.25, -0.2) is 4.79 Å². The molecule has 1 N–H and O–H groups in total. The van der Waals surface area contributed by atoms with Crippen molar-refractivity contribution in [2.45, 2.75) is 13.0 Å². The Kier molecular flexibility index (Phi) is 5.26. The van der Waals surface area contributed by atoms with Gasteiger partial charge < -0.3 is 24.3 Å². The van der Waals surface area contributed by atoms with E-state index < -0.39 is 12.1 Å². The SMILES string of the molecule is COC(=O)c1ccc(OC(C)C(=O)Nc2ccc3c(c2)OCCO3)cc1. The molecule has 26 heavy (non-hydrogen) atoms. The molecule has 1 aliphatic rings. The maximum Gasteiger partial charge on any atom is 0.337 e. The second kappa shape index (κ2) is 7.77. The van der Waals surface area contributed by atoms with Gasteiger partial charge in [0.25, 0.3) is 5.91 Å². The summed E-state index contributed by atoms with van der Waals surface area (Å²) < 4.78 is 21.2. The molecule has 7 nitrogen and oxygen atoms in total. The average Bonchev–Trinajstić information content (AvgIpc) is 2.67. The maximum absolute atomic E-state index is 12.3. The van der Waals surface area contributed by atoms with E-state index in [4.69, 9.17) is 14.2 Å². The fraction of sp³-hybridized carbons (Fsp3) is 0.263. The molecule has 0 aliphatic carbocycles. The number of nitrogens with one attached hydrogen (secondary N) is 1. The molecule has 0 fully saturated rings. The zero-order valence-electron chi connectivity index (χ0n) is 14.5. The molecule has 0 saturated heterocycles. The number of hydrogen-bond acceptors (Lipinski definition) is 6. The van der Waals surface area contributed by atoms with Gasteiger partial charge in [0.1, 0.15) is 19.0 Å². The van der Waals surface area contributed by atoms with Crippen LogP contribution in [-0.4, -0.2) is 38.3 Å². The van der Waals surface area contributed by atoms with Crippen LogP contribution >= 0.6 is 0 Å². The van der Waals surface area contributed by atoms with Crippen LogP contribution in [0.25, 0.3) is 0 Å². The van der Waals surface area contributed by atoms with Crippen molar-refractivity contribution in [2.24, 2.45) is 0 Å². The lowest BCUT2D eigenvalue weighted by Gasteiger charge is -2.19. The molecule has 136 valence electrons. The van der Waals surface area contributed by atoms with Gasteiger partial charge in [-0.15, -0.1) is 0 Å². The van der Waals surface area contributed by atoms with Crippen molar-refractivity contribution in [2.75, 3.05) is 25.6 Å². The van der Waals surface area contributed by atoms with Crippen LogP contribution in [0.3, 0.4) is 0 Å². The maximum atomic E-state index is 12.3. The van der Waals surface area contributed by atoms with E-state index in [9.17, 15) is 9.59 Å². The third kappa shape index (κ3) is 4.05. The summed E-state index contributed by atoms with van der Waals surface area (Å²) in [5, 5.41) is 2.78. The molecule has 1 amide bonds. The van der Waals surface area contributed by atoms with Gasteiger partial charge in [0.05, 0.1) is 12.7 Å². The van der Waals surface area contributed by atoms with E-state index in [0.29, 0.717) is 41.7 Å². The molecule has 2 aromatic rings. The van der Waals surface area contributed by atoms with Crippen molar-refractivity contribution in [3.63, 3.8) is 0 Å². The highest BCUT2D eigenvalue weighted by Gasteiger charge is 2.17. The zero-order valence-corrected chi connectivity index (χ0v) is 14.5. The van der Waals surface area contributed by atoms with Crippen molar-refractivity contribution < 1.29 is 28.5 Å². The minimum absolute atomic E-state index is 0.307. The predicted octanol–water partition coefficient (Wildman–Crippen LogP) is 2.65. The van der Waals surface area contributed by atoms with E-state index in [1.54, 1.807) is 49.4 Å². The number of methoxy groups -OCH3 is 1. The number of hydrogen-bond donors (Lipinski definition) is 1. The summed E-state index contributed by atoms with van der Waals surface area (Å²) in [4.78, 5) is 23.7. The summed E-state index contributed by atoms with van der Waals surface area (Å²) in [5.41, 5.74) is 1.00. The molecule has 0 saturated carbocycles. The van der Waals surface area contributed by atoms with Crippen molar-refractivity contribution in [3.8, 4) is 17.2 Å². The Hall–Kier alpha value is -3.22. The van der Waals surface area contributed by atoms with E-state index >= 15 is 0 Å². The second-order valence-corrected chi connectivity index (χ2v) is 5.62. The summed E-state index contributed by atoms with van der Waals surface area (Å²) in [6.45, 7) is 2.63. The van der Waals surface area contributed by atoms with Gasteiger partial charge in [-0.2, -0.15) is 0 Å². The van der Waals surface area contributed by atoms with Crippen molar-refractivity contribution in [1.29, 1.82) is 0 Å². The fourth-order valence-corrected chi connectivity index (χ4v) is 2.41. The van der Waals surface area contributed by atoms with E-state index in [0.717, 1.165) is 0 Å². The Bertz CT molecular complexity index is 802. The first-order valence-electron chi connectivity index (χ1n) is 8.12. The molecule has 3 rings (SSSR count). The van der Waals surface area contributed by atoms with E-state index in [1.165, 1.54) is 7.11 Å². The first kappa shape index (κ1) is 17.6. The average molecular weight is 357 g/mol. The van der Waals surface area contributed by atoms with Crippen LogP contribution in [0, 0.1) is 0 Å². The Morgan fingerprint density at radius 2 is 1.73 bits per heavy atom. The lowest BCUT2D eigenvalue weighted by atomic mass is 10.2. The Morgan fingerprint density at radius 3 is 2.42 bits per heavy atom. The number of amides is 1. The third-order valence-electron chi connectivity index (χ3n) is 3.77. The number of carbonyl (C=O) groups excluding carboxylic acids is 2. The van der Waals surface area contributed by atoms with Gasteiger partial charge >= 0.3 is 5.97 Å². The van der Waals surface area contributed by atoms with Gasteiger partial charge in [-0.05, 0) is 43.3 Å².